The Kier molecular flexibility index (Phi) is 4.42. The van der Waals surface area contributed by atoms with Crippen LogP contribution in [-0.2, 0) is 0 Å². The lowest BCUT2D eigenvalue weighted by atomic mass is 10.0. The van der Waals surface area contributed by atoms with Crippen LogP contribution < -0.4 is 4.74 Å². The van der Waals surface area contributed by atoms with E-state index in [0.717, 1.165) is 0 Å². The maximum atomic E-state index is 13.8. The molecule has 2 aromatic carbocycles. The molecule has 0 spiro atoms. The molecule has 0 aliphatic carbocycles. The minimum Gasteiger partial charge on any atom is -0.496 e. The van der Waals surface area contributed by atoms with Crippen LogP contribution in [0.2, 0.25) is 0 Å². The molecular formula is C14H10BrClF2O. The molecule has 1 atom stereocenters. The predicted molar refractivity (Wildman–Crippen MR) is 74.7 cm³/mol. The monoisotopic (exact) mass is 346 g/mol. The zero-order valence-corrected chi connectivity index (χ0v) is 12.3. The van der Waals surface area contributed by atoms with Gasteiger partial charge in [-0.3, -0.25) is 0 Å². The van der Waals surface area contributed by atoms with E-state index in [1.54, 1.807) is 12.1 Å². The maximum absolute atomic E-state index is 13.8. The Morgan fingerprint density at radius 2 is 1.84 bits per heavy atom. The molecule has 0 aromatic heterocycles. The van der Waals surface area contributed by atoms with Gasteiger partial charge in [-0.2, -0.15) is 0 Å². The molecule has 0 bridgehead atoms. The van der Waals surface area contributed by atoms with Crippen molar-refractivity contribution in [3.63, 3.8) is 0 Å². The summed E-state index contributed by atoms with van der Waals surface area (Å²) in [5, 5.41) is -0.830. The van der Waals surface area contributed by atoms with Crippen LogP contribution in [0.25, 0.3) is 0 Å². The van der Waals surface area contributed by atoms with Crippen molar-refractivity contribution in [3.8, 4) is 5.75 Å². The molecule has 1 unspecified atom stereocenters. The van der Waals surface area contributed by atoms with Gasteiger partial charge in [-0.1, -0.05) is 15.9 Å². The molecule has 0 aliphatic rings. The molecular weight excluding hydrogens is 338 g/mol. The smallest absolute Gasteiger partial charge is 0.128 e. The second-order valence-electron chi connectivity index (χ2n) is 3.91. The molecule has 5 heteroatoms. The van der Waals surface area contributed by atoms with Crippen molar-refractivity contribution in [3.05, 3.63) is 63.6 Å². The Balaban J connectivity index is 2.51. The molecule has 0 heterocycles. The van der Waals surface area contributed by atoms with Crippen molar-refractivity contribution in [1.82, 2.24) is 0 Å². The SMILES string of the molecule is COc1ccc(F)cc1C(Cl)c1cc(Br)ccc1F. The van der Waals surface area contributed by atoms with Crippen LogP contribution in [0, 0.1) is 11.6 Å². The lowest BCUT2D eigenvalue weighted by Gasteiger charge is -2.15. The topological polar surface area (TPSA) is 9.23 Å². The van der Waals surface area contributed by atoms with Gasteiger partial charge in [-0.05, 0) is 36.4 Å². The van der Waals surface area contributed by atoms with Crippen LogP contribution in [0.15, 0.2) is 40.9 Å². The van der Waals surface area contributed by atoms with Crippen LogP contribution in [0.3, 0.4) is 0 Å². The lowest BCUT2D eigenvalue weighted by molar-refractivity contribution is 0.408. The number of hydrogen-bond acceptors (Lipinski definition) is 1. The molecule has 0 radical (unpaired) electrons. The third-order valence-electron chi connectivity index (χ3n) is 2.70. The summed E-state index contributed by atoms with van der Waals surface area (Å²) in [5.74, 6) is -0.479. The van der Waals surface area contributed by atoms with Crippen molar-refractivity contribution in [2.75, 3.05) is 7.11 Å². The van der Waals surface area contributed by atoms with E-state index in [0.29, 0.717) is 15.8 Å². The minimum atomic E-state index is -0.830. The Hall–Kier alpha value is -1.13. The number of methoxy groups -OCH3 is 1. The molecule has 0 N–H and O–H groups in total. The third-order valence-corrected chi connectivity index (χ3v) is 3.66. The normalized spacial score (nSPS) is 12.3. The van der Waals surface area contributed by atoms with E-state index in [9.17, 15) is 8.78 Å². The van der Waals surface area contributed by atoms with Crippen LogP contribution in [0.4, 0.5) is 8.78 Å². The van der Waals surface area contributed by atoms with Crippen molar-refractivity contribution in [2.24, 2.45) is 0 Å². The van der Waals surface area contributed by atoms with E-state index >= 15 is 0 Å². The van der Waals surface area contributed by atoms with E-state index in [1.165, 1.54) is 31.4 Å². The summed E-state index contributed by atoms with van der Waals surface area (Å²) in [7, 11) is 1.46. The predicted octanol–water partition coefficient (Wildman–Crippen LogP) is 5.06. The molecule has 0 fully saturated rings. The molecule has 19 heavy (non-hydrogen) atoms. The molecule has 1 nitrogen and oxygen atoms in total. The summed E-state index contributed by atoms with van der Waals surface area (Å²) in [5.41, 5.74) is 0.654. The standard InChI is InChI=1S/C14H10BrClF2O/c1-19-13-5-3-9(17)7-11(13)14(16)10-6-8(15)2-4-12(10)18/h2-7,14H,1H3. The highest BCUT2D eigenvalue weighted by Gasteiger charge is 2.20. The molecule has 0 amide bonds. The van der Waals surface area contributed by atoms with Gasteiger partial charge in [0.05, 0.1) is 12.5 Å². The Morgan fingerprint density at radius 1 is 1.11 bits per heavy atom. The van der Waals surface area contributed by atoms with Crippen molar-refractivity contribution < 1.29 is 13.5 Å². The maximum Gasteiger partial charge on any atom is 0.128 e. The molecule has 0 saturated carbocycles. The van der Waals surface area contributed by atoms with Crippen LogP contribution in [0.5, 0.6) is 5.75 Å². The number of hydrogen-bond donors (Lipinski definition) is 0. The summed E-state index contributed by atoms with van der Waals surface area (Å²) >= 11 is 9.51. The fourth-order valence-electron chi connectivity index (χ4n) is 1.78. The van der Waals surface area contributed by atoms with Crippen LogP contribution >= 0.6 is 27.5 Å². The lowest BCUT2D eigenvalue weighted by Crippen LogP contribution is -2.01. The molecule has 2 aromatic rings. The summed E-state index contributed by atoms with van der Waals surface area (Å²) < 4.78 is 33.0. The van der Waals surface area contributed by atoms with E-state index in [-0.39, 0.29) is 5.56 Å². The van der Waals surface area contributed by atoms with E-state index in [2.05, 4.69) is 15.9 Å². The van der Waals surface area contributed by atoms with Gasteiger partial charge >= 0.3 is 0 Å². The van der Waals surface area contributed by atoms with E-state index in [4.69, 9.17) is 16.3 Å². The number of alkyl halides is 1. The number of rotatable bonds is 3. The van der Waals surface area contributed by atoms with Gasteiger partial charge in [0.15, 0.2) is 0 Å². The van der Waals surface area contributed by atoms with Crippen molar-refractivity contribution in [1.29, 1.82) is 0 Å². The van der Waals surface area contributed by atoms with E-state index < -0.39 is 17.0 Å². The largest absolute Gasteiger partial charge is 0.496 e. The van der Waals surface area contributed by atoms with Gasteiger partial charge in [0.1, 0.15) is 17.4 Å². The molecule has 100 valence electrons. The van der Waals surface area contributed by atoms with Crippen LogP contribution in [0.1, 0.15) is 16.5 Å². The highest BCUT2D eigenvalue weighted by Crippen LogP contribution is 2.37. The summed E-state index contributed by atoms with van der Waals surface area (Å²) in [6.45, 7) is 0. The van der Waals surface area contributed by atoms with Gasteiger partial charge in [-0.15, -0.1) is 11.6 Å². The highest BCUT2D eigenvalue weighted by molar-refractivity contribution is 9.10. The summed E-state index contributed by atoms with van der Waals surface area (Å²) in [6, 6.07) is 8.43. The Bertz CT molecular complexity index is 604. The zero-order chi connectivity index (χ0) is 14.0. The number of ether oxygens (including phenoxy) is 1. The fourth-order valence-corrected chi connectivity index (χ4v) is 2.50. The first kappa shape index (κ1) is 14.3. The van der Waals surface area contributed by atoms with Crippen LogP contribution in [-0.4, -0.2) is 7.11 Å². The third kappa shape index (κ3) is 3.07. The van der Waals surface area contributed by atoms with Gasteiger partial charge in [0.2, 0.25) is 0 Å². The minimum absolute atomic E-state index is 0.264. The summed E-state index contributed by atoms with van der Waals surface area (Å²) in [6.07, 6.45) is 0. The van der Waals surface area contributed by atoms with Gasteiger partial charge in [0.25, 0.3) is 0 Å². The number of benzene rings is 2. The Morgan fingerprint density at radius 3 is 2.53 bits per heavy atom. The summed E-state index contributed by atoms with van der Waals surface area (Å²) in [4.78, 5) is 0. The van der Waals surface area contributed by atoms with Gasteiger partial charge in [-0.25, -0.2) is 8.78 Å². The Labute approximate surface area is 123 Å². The van der Waals surface area contributed by atoms with Crippen molar-refractivity contribution >= 4 is 27.5 Å². The highest BCUT2D eigenvalue weighted by atomic mass is 79.9. The zero-order valence-electron chi connectivity index (χ0n) is 9.96. The second-order valence-corrected chi connectivity index (χ2v) is 5.27. The molecule has 0 aliphatic heterocycles. The van der Waals surface area contributed by atoms with Gasteiger partial charge in [0, 0.05) is 15.6 Å². The van der Waals surface area contributed by atoms with E-state index in [1.807, 2.05) is 0 Å². The first-order valence-electron chi connectivity index (χ1n) is 5.45. The molecule has 2 rings (SSSR count). The second kappa shape index (κ2) is 5.88. The van der Waals surface area contributed by atoms with Crippen molar-refractivity contribution in [2.45, 2.75) is 5.38 Å². The van der Waals surface area contributed by atoms with Gasteiger partial charge < -0.3 is 4.74 Å². The first-order valence-corrected chi connectivity index (χ1v) is 6.68. The molecule has 0 saturated heterocycles. The first-order chi connectivity index (χ1) is 9.02. The average Bonchev–Trinajstić information content (AvgIpc) is 2.40. The quantitative estimate of drug-likeness (QED) is 0.705. The fraction of sp³-hybridized carbons (Fsp3) is 0.143. The number of halogens is 4. The average molecular weight is 348 g/mol.